The molecule has 1 aliphatic carbocycles. The zero-order valence-corrected chi connectivity index (χ0v) is 16.8. The zero-order chi connectivity index (χ0) is 19.4. The van der Waals surface area contributed by atoms with Gasteiger partial charge in [-0.05, 0) is 42.9 Å². The van der Waals surface area contributed by atoms with Gasteiger partial charge in [-0.2, -0.15) is 0 Å². The summed E-state index contributed by atoms with van der Waals surface area (Å²) in [5.41, 5.74) is 3.05. The molecule has 3 rings (SSSR count). The van der Waals surface area contributed by atoms with Gasteiger partial charge in [0.1, 0.15) is 5.69 Å². The quantitative estimate of drug-likeness (QED) is 0.792. The molecule has 144 valence electrons. The average molecular weight is 367 g/mol. The normalized spacial score (nSPS) is 15.4. The number of anilines is 2. The van der Waals surface area contributed by atoms with Crippen molar-refractivity contribution in [2.75, 3.05) is 10.6 Å². The Morgan fingerprint density at radius 2 is 1.78 bits per heavy atom. The number of rotatable bonds is 4. The van der Waals surface area contributed by atoms with Crippen LogP contribution in [-0.2, 0) is 5.41 Å². The number of carbonyl (C=O) groups excluding carboxylic acids is 1. The first kappa shape index (κ1) is 19.3. The van der Waals surface area contributed by atoms with Crippen molar-refractivity contribution in [2.24, 2.45) is 0 Å². The topological polar surface area (TPSA) is 66.9 Å². The van der Waals surface area contributed by atoms with Crippen LogP contribution in [0.5, 0.6) is 0 Å². The summed E-state index contributed by atoms with van der Waals surface area (Å²) in [7, 11) is 0. The van der Waals surface area contributed by atoms with Gasteiger partial charge in [-0.25, -0.2) is 9.97 Å². The summed E-state index contributed by atoms with van der Waals surface area (Å²) in [5, 5.41) is 6.45. The molecule has 1 heterocycles. The van der Waals surface area contributed by atoms with E-state index in [2.05, 4.69) is 47.4 Å². The van der Waals surface area contributed by atoms with Crippen LogP contribution in [0.4, 0.5) is 11.6 Å². The lowest BCUT2D eigenvalue weighted by atomic mass is 9.86. The summed E-state index contributed by atoms with van der Waals surface area (Å²) >= 11 is 0. The molecule has 0 spiro atoms. The first-order valence-electron chi connectivity index (χ1n) is 9.86. The van der Waals surface area contributed by atoms with E-state index in [1.54, 1.807) is 6.07 Å². The van der Waals surface area contributed by atoms with Gasteiger partial charge in [-0.3, -0.25) is 4.79 Å². The third-order valence-corrected chi connectivity index (χ3v) is 5.01. The second-order valence-corrected chi connectivity index (χ2v) is 8.45. The second kappa shape index (κ2) is 8.07. The Hall–Kier alpha value is -2.43. The molecule has 2 aromatic rings. The average Bonchev–Trinajstić information content (AvgIpc) is 2.61. The highest BCUT2D eigenvalue weighted by atomic mass is 16.1. The van der Waals surface area contributed by atoms with E-state index in [4.69, 9.17) is 0 Å². The fraction of sp³-hybridized carbons (Fsp3) is 0.500. The maximum atomic E-state index is 12.9. The van der Waals surface area contributed by atoms with Crippen LogP contribution in [0.2, 0.25) is 0 Å². The van der Waals surface area contributed by atoms with Crippen LogP contribution in [0.25, 0.3) is 0 Å². The molecule has 0 atom stereocenters. The molecule has 2 N–H and O–H groups in total. The maximum absolute atomic E-state index is 12.9. The van der Waals surface area contributed by atoms with Crippen LogP contribution in [0.1, 0.15) is 74.6 Å². The van der Waals surface area contributed by atoms with Crippen LogP contribution in [-0.4, -0.2) is 21.9 Å². The Balaban J connectivity index is 1.79. The van der Waals surface area contributed by atoms with E-state index in [1.165, 1.54) is 19.3 Å². The van der Waals surface area contributed by atoms with Crippen molar-refractivity contribution in [3.63, 3.8) is 0 Å². The van der Waals surface area contributed by atoms with Gasteiger partial charge in [0, 0.05) is 17.4 Å². The van der Waals surface area contributed by atoms with E-state index in [1.807, 2.05) is 25.1 Å². The zero-order valence-electron chi connectivity index (χ0n) is 16.8. The maximum Gasteiger partial charge on any atom is 0.274 e. The van der Waals surface area contributed by atoms with Gasteiger partial charge in [-0.15, -0.1) is 0 Å². The van der Waals surface area contributed by atoms with Crippen molar-refractivity contribution in [3.8, 4) is 0 Å². The molecule has 1 aliphatic rings. The molecule has 27 heavy (non-hydrogen) atoms. The number of para-hydroxylation sites is 1. The van der Waals surface area contributed by atoms with E-state index in [0.717, 1.165) is 29.8 Å². The lowest BCUT2D eigenvalue weighted by Crippen LogP contribution is -2.25. The highest BCUT2D eigenvalue weighted by molar-refractivity contribution is 6.03. The number of hydrogen-bond acceptors (Lipinski definition) is 4. The lowest BCUT2D eigenvalue weighted by molar-refractivity contribution is 0.102. The smallest absolute Gasteiger partial charge is 0.274 e. The van der Waals surface area contributed by atoms with Crippen molar-refractivity contribution in [1.29, 1.82) is 0 Å². The summed E-state index contributed by atoms with van der Waals surface area (Å²) in [5.74, 6) is 0.347. The molecular weight excluding hydrogens is 336 g/mol. The number of hydrogen-bond donors (Lipinski definition) is 2. The standard InChI is InChI=1S/C22H30N4O/c1-15-14-19(26-21(23-15)24-16-10-6-5-7-11-16)20(27)25-18-13-9-8-12-17(18)22(2,3)4/h8-9,12-14,16H,5-7,10-11H2,1-4H3,(H,25,27)(H,23,24,26). The molecule has 5 heteroatoms. The minimum absolute atomic E-state index is 0.0564. The van der Waals surface area contributed by atoms with E-state index >= 15 is 0 Å². The molecule has 1 saturated carbocycles. The van der Waals surface area contributed by atoms with Gasteiger partial charge in [0.25, 0.3) is 5.91 Å². The molecule has 1 amide bonds. The third-order valence-electron chi connectivity index (χ3n) is 5.01. The Kier molecular flexibility index (Phi) is 5.78. The molecule has 0 aliphatic heterocycles. The van der Waals surface area contributed by atoms with Crippen molar-refractivity contribution in [2.45, 2.75) is 71.3 Å². The molecule has 0 radical (unpaired) electrons. The Labute approximate surface area is 162 Å². The summed E-state index contributed by atoms with van der Waals surface area (Å²) in [4.78, 5) is 21.8. The minimum atomic E-state index is -0.205. The SMILES string of the molecule is Cc1cc(C(=O)Nc2ccccc2C(C)(C)C)nc(NC2CCCCC2)n1. The second-order valence-electron chi connectivity index (χ2n) is 8.45. The van der Waals surface area contributed by atoms with Gasteiger partial charge in [0.15, 0.2) is 0 Å². The van der Waals surface area contributed by atoms with Gasteiger partial charge < -0.3 is 10.6 Å². The van der Waals surface area contributed by atoms with Crippen molar-refractivity contribution < 1.29 is 4.79 Å². The molecule has 1 aromatic heterocycles. The van der Waals surface area contributed by atoms with Gasteiger partial charge in [-0.1, -0.05) is 58.2 Å². The number of aryl methyl sites for hydroxylation is 1. The van der Waals surface area contributed by atoms with Gasteiger partial charge >= 0.3 is 0 Å². The Morgan fingerprint density at radius 3 is 2.48 bits per heavy atom. The summed E-state index contributed by atoms with van der Waals surface area (Å²) in [6, 6.07) is 10.1. The predicted octanol–water partition coefficient (Wildman–Crippen LogP) is 5.08. The highest BCUT2D eigenvalue weighted by Gasteiger charge is 2.20. The van der Waals surface area contributed by atoms with Gasteiger partial charge in [0.2, 0.25) is 5.95 Å². The summed E-state index contributed by atoms with van der Waals surface area (Å²) in [6.45, 7) is 8.31. The van der Waals surface area contributed by atoms with Crippen LogP contribution >= 0.6 is 0 Å². The Bertz CT molecular complexity index is 804. The molecule has 1 fully saturated rings. The highest BCUT2D eigenvalue weighted by Crippen LogP contribution is 2.29. The minimum Gasteiger partial charge on any atom is -0.351 e. The van der Waals surface area contributed by atoms with E-state index < -0.39 is 0 Å². The molecular formula is C22H30N4O. The number of benzene rings is 1. The number of carbonyl (C=O) groups is 1. The van der Waals surface area contributed by atoms with E-state index in [-0.39, 0.29) is 11.3 Å². The third kappa shape index (κ3) is 5.06. The lowest BCUT2D eigenvalue weighted by Gasteiger charge is -2.23. The fourth-order valence-corrected chi connectivity index (χ4v) is 3.61. The first-order chi connectivity index (χ1) is 12.8. The first-order valence-corrected chi connectivity index (χ1v) is 9.86. The van der Waals surface area contributed by atoms with Crippen LogP contribution < -0.4 is 10.6 Å². The fourth-order valence-electron chi connectivity index (χ4n) is 3.61. The molecule has 0 unspecified atom stereocenters. The number of nitrogens with zero attached hydrogens (tertiary/aromatic N) is 2. The van der Waals surface area contributed by atoms with Crippen molar-refractivity contribution in [1.82, 2.24) is 9.97 Å². The van der Waals surface area contributed by atoms with Crippen LogP contribution in [0.15, 0.2) is 30.3 Å². The molecule has 0 bridgehead atoms. The number of aromatic nitrogens is 2. The van der Waals surface area contributed by atoms with Crippen molar-refractivity contribution >= 4 is 17.5 Å². The predicted molar refractivity (Wildman–Crippen MR) is 110 cm³/mol. The number of nitrogens with one attached hydrogen (secondary N) is 2. The monoisotopic (exact) mass is 366 g/mol. The van der Waals surface area contributed by atoms with E-state index in [9.17, 15) is 4.79 Å². The number of amides is 1. The van der Waals surface area contributed by atoms with Gasteiger partial charge in [0.05, 0.1) is 0 Å². The molecule has 0 saturated heterocycles. The Morgan fingerprint density at radius 1 is 1.07 bits per heavy atom. The van der Waals surface area contributed by atoms with Crippen LogP contribution in [0, 0.1) is 6.92 Å². The largest absolute Gasteiger partial charge is 0.351 e. The van der Waals surface area contributed by atoms with Crippen LogP contribution in [0.3, 0.4) is 0 Å². The van der Waals surface area contributed by atoms with Crippen molar-refractivity contribution in [3.05, 3.63) is 47.3 Å². The molecule has 1 aromatic carbocycles. The van der Waals surface area contributed by atoms with E-state index in [0.29, 0.717) is 17.7 Å². The molecule has 5 nitrogen and oxygen atoms in total. The summed E-state index contributed by atoms with van der Waals surface area (Å²) < 4.78 is 0. The summed E-state index contributed by atoms with van der Waals surface area (Å²) in [6.07, 6.45) is 6.05.